The molecule has 0 saturated carbocycles. The van der Waals surface area contributed by atoms with E-state index in [1.165, 1.54) is 16.4 Å². The van der Waals surface area contributed by atoms with Crippen LogP contribution in [0.15, 0.2) is 78.9 Å². The Hall–Kier alpha value is -2.27. The Kier molecular flexibility index (Phi) is 5.67. The summed E-state index contributed by atoms with van der Waals surface area (Å²) < 4.78 is 21.3. The smallest absolute Gasteiger partial charge is 0.261 e. The zero-order chi connectivity index (χ0) is 21.4. The first kappa shape index (κ1) is 21.0. The summed E-state index contributed by atoms with van der Waals surface area (Å²) in [6, 6.07) is 26.1. The summed E-state index contributed by atoms with van der Waals surface area (Å²) in [5.41, 5.74) is 8.25. The van der Waals surface area contributed by atoms with E-state index in [0.717, 1.165) is 24.0 Å². The number of hydrogen-bond acceptors (Lipinski definition) is 2. The van der Waals surface area contributed by atoms with Crippen LogP contribution in [0.25, 0.3) is 0 Å². The molecule has 4 rings (SSSR count). The number of benzene rings is 3. The molecule has 2 nitrogen and oxygen atoms in total. The topological polar surface area (TPSA) is 35.2 Å². The van der Waals surface area contributed by atoms with Crippen LogP contribution in [0.4, 0.5) is 4.39 Å². The van der Waals surface area contributed by atoms with Crippen LogP contribution >= 0.6 is 0 Å². The second-order valence-electron chi connectivity index (χ2n) is 9.23. The van der Waals surface area contributed by atoms with E-state index in [9.17, 15) is 4.39 Å². The maximum atomic E-state index is 14.0. The van der Waals surface area contributed by atoms with Gasteiger partial charge in [-0.15, -0.1) is 0 Å². The van der Waals surface area contributed by atoms with E-state index in [4.69, 9.17) is 10.2 Å². The highest BCUT2D eigenvalue weighted by molar-refractivity contribution is 6.99. The molecule has 0 fully saturated rings. The van der Waals surface area contributed by atoms with Gasteiger partial charge < -0.3 is 10.2 Å². The Labute approximate surface area is 180 Å². The van der Waals surface area contributed by atoms with Gasteiger partial charge in [0.05, 0.1) is 6.10 Å². The lowest BCUT2D eigenvalue weighted by Crippen LogP contribution is -2.67. The van der Waals surface area contributed by atoms with Crippen LogP contribution in [-0.2, 0) is 4.43 Å². The monoisotopic (exact) mass is 419 g/mol. The quantitative estimate of drug-likeness (QED) is 0.587. The number of nitrogens with two attached hydrogens (primary N) is 1. The fourth-order valence-electron chi connectivity index (χ4n) is 4.83. The predicted molar refractivity (Wildman–Crippen MR) is 124 cm³/mol. The van der Waals surface area contributed by atoms with Crippen molar-refractivity contribution in [3.63, 3.8) is 0 Å². The third kappa shape index (κ3) is 3.64. The van der Waals surface area contributed by atoms with Gasteiger partial charge in [-0.1, -0.05) is 87.5 Å². The highest BCUT2D eigenvalue weighted by Gasteiger charge is 2.52. The largest absolute Gasteiger partial charge is 0.400 e. The summed E-state index contributed by atoms with van der Waals surface area (Å²) in [5.74, 6) is -0.240. The van der Waals surface area contributed by atoms with Crippen LogP contribution in [-0.4, -0.2) is 8.32 Å². The molecule has 0 aliphatic heterocycles. The molecule has 2 N–H and O–H groups in total. The van der Waals surface area contributed by atoms with Gasteiger partial charge in [-0.25, -0.2) is 4.39 Å². The van der Waals surface area contributed by atoms with Gasteiger partial charge in [-0.05, 0) is 51.5 Å². The van der Waals surface area contributed by atoms with Crippen molar-refractivity contribution >= 4 is 18.7 Å². The number of halogens is 1. The zero-order valence-electron chi connectivity index (χ0n) is 17.9. The van der Waals surface area contributed by atoms with Crippen LogP contribution in [0.2, 0.25) is 5.04 Å². The Bertz CT molecular complexity index is 961. The molecule has 0 spiro atoms. The van der Waals surface area contributed by atoms with Crippen LogP contribution in [0.5, 0.6) is 0 Å². The molecule has 4 heteroatoms. The van der Waals surface area contributed by atoms with E-state index in [2.05, 4.69) is 69.3 Å². The molecule has 0 amide bonds. The minimum atomic E-state index is -2.68. The molecule has 156 valence electrons. The summed E-state index contributed by atoms with van der Waals surface area (Å²) in [7, 11) is -2.68. The first-order chi connectivity index (χ1) is 14.3. The van der Waals surface area contributed by atoms with Crippen molar-refractivity contribution in [3.8, 4) is 0 Å². The summed E-state index contributed by atoms with van der Waals surface area (Å²) in [6.45, 7) is 6.83. The fraction of sp³-hybridized carbons (Fsp3) is 0.308. The van der Waals surface area contributed by atoms with Gasteiger partial charge in [-0.2, -0.15) is 0 Å². The molecule has 0 aromatic heterocycles. The molecule has 2 atom stereocenters. The van der Waals surface area contributed by atoms with Gasteiger partial charge in [0.15, 0.2) is 0 Å². The zero-order valence-corrected chi connectivity index (χ0v) is 18.9. The van der Waals surface area contributed by atoms with Crippen LogP contribution in [0.3, 0.4) is 0 Å². The molecule has 1 aliphatic carbocycles. The maximum Gasteiger partial charge on any atom is 0.261 e. The molecule has 0 radical (unpaired) electrons. The molecule has 0 heterocycles. The molecule has 0 saturated heterocycles. The van der Waals surface area contributed by atoms with Gasteiger partial charge in [0.1, 0.15) is 5.82 Å². The Balaban J connectivity index is 1.89. The molecule has 30 heavy (non-hydrogen) atoms. The third-order valence-electron chi connectivity index (χ3n) is 6.27. The highest BCUT2D eigenvalue weighted by atomic mass is 28.4. The molecule has 3 aromatic rings. The first-order valence-electron chi connectivity index (χ1n) is 10.7. The van der Waals surface area contributed by atoms with Gasteiger partial charge >= 0.3 is 0 Å². The van der Waals surface area contributed by atoms with E-state index >= 15 is 0 Å². The van der Waals surface area contributed by atoms with Crippen molar-refractivity contribution in [2.75, 3.05) is 0 Å². The second-order valence-corrected chi connectivity index (χ2v) is 13.5. The maximum absolute atomic E-state index is 14.0. The summed E-state index contributed by atoms with van der Waals surface area (Å²) in [4.78, 5) is 0. The van der Waals surface area contributed by atoms with Crippen molar-refractivity contribution < 1.29 is 8.82 Å². The lowest BCUT2D eigenvalue weighted by Gasteiger charge is -2.46. The van der Waals surface area contributed by atoms with E-state index < -0.39 is 8.32 Å². The van der Waals surface area contributed by atoms with Gasteiger partial charge in [-0.3, -0.25) is 0 Å². The van der Waals surface area contributed by atoms with Crippen molar-refractivity contribution in [1.29, 1.82) is 0 Å². The summed E-state index contributed by atoms with van der Waals surface area (Å²) >= 11 is 0. The first-order valence-corrected chi connectivity index (χ1v) is 12.6. The average Bonchev–Trinajstić information content (AvgIpc) is 2.74. The van der Waals surface area contributed by atoms with Crippen molar-refractivity contribution in [3.05, 3.63) is 95.8 Å². The Morgan fingerprint density at radius 2 is 1.40 bits per heavy atom. The normalized spacial score (nSPS) is 19.4. The van der Waals surface area contributed by atoms with E-state index in [1.807, 2.05) is 18.2 Å². The van der Waals surface area contributed by atoms with Crippen molar-refractivity contribution in [1.82, 2.24) is 0 Å². The van der Waals surface area contributed by atoms with Gasteiger partial charge in [0.2, 0.25) is 0 Å². The number of hydrogen-bond donors (Lipinski definition) is 1. The highest BCUT2D eigenvalue weighted by Crippen LogP contribution is 2.44. The SMILES string of the molecule is CC(C)(C)[Si](O[C@H]1CC[C@@H](N)c2cc(F)ccc21)(c1ccccc1)c1ccccc1. The lowest BCUT2D eigenvalue weighted by molar-refractivity contribution is 0.163. The molecule has 0 bridgehead atoms. The Morgan fingerprint density at radius 1 is 0.833 bits per heavy atom. The van der Waals surface area contributed by atoms with E-state index in [-0.39, 0.29) is 23.0 Å². The van der Waals surface area contributed by atoms with Crippen LogP contribution < -0.4 is 16.1 Å². The van der Waals surface area contributed by atoms with E-state index in [1.54, 1.807) is 6.07 Å². The molecular weight excluding hydrogens is 389 g/mol. The lowest BCUT2D eigenvalue weighted by atomic mass is 9.86. The minimum Gasteiger partial charge on any atom is -0.400 e. The number of rotatable bonds is 4. The third-order valence-corrected chi connectivity index (χ3v) is 11.3. The Morgan fingerprint density at radius 3 is 1.93 bits per heavy atom. The van der Waals surface area contributed by atoms with E-state index in [0.29, 0.717) is 0 Å². The fourth-order valence-corrected chi connectivity index (χ4v) is 9.52. The number of fused-ring (bicyclic) bond motifs is 1. The molecule has 1 aliphatic rings. The molecular formula is C26H30FNOSi. The standard InChI is InChI=1S/C26H30FNOSi/c1-26(2,3)30(20-10-6-4-7-11-20,21-12-8-5-9-13-21)29-25-17-16-24(28)23-18-19(27)14-15-22(23)25/h4-15,18,24-25H,16-17,28H2,1-3H3/t24-,25+/m1/s1. The average molecular weight is 420 g/mol. The van der Waals surface area contributed by atoms with Gasteiger partial charge in [0.25, 0.3) is 8.32 Å². The molecule has 0 unspecified atom stereocenters. The summed E-state index contributed by atoms with van der Waals surface area (Å²) in [6.07, 6.45) is 1.52. The van der Waals surface area contributed by atoms with Crippen molar-refractivity contribution in [2.45, 2.75) is 50.8 Å². The van der Waals surface area contributed by atoms with Gasteiger partial charge in [0, 0.05) is 6.04 Å². The summed E-state index contributed by atoms with van der Waals surface area (Å²) in [5, 5.41) is 2.40. The van der Waals surface area contributed by atoms with Crippen LogP contribution in [0.1, 0.15) is 56.9 Å². The minimum absolute atomic E-state index is 0.102. The predicted octanol–water partition coefficient (Wildman–Crippen LogP) is 5.24. The second kappa shape index (κ2) is 8.10. The van der Waals surface area contributed by atoms with Crippen molar-refractivity contribution in [2.24, 2.45) is 5.73 Å². The van der Waals surface area contributed by atoms with Crippen LogP contribution in [0, 0.1) is 5.82 Å². The molecule has 3 aromatic carbocycles.